The molecule has 0 saturated heterocycles. The standard InChI is InChI=1S/C11H13N3O3/c1-2-17-10(15)11(16,8-13-14-12)9-6-4-3-5-7-9/h3-7,16H,2,8H2,1H3/t11-/m1/s1. The van der Waals surface area contributed by atoms with Crippen LogP contribution in [0.3, 0.4) is 0 Å². The molecule has 6 heteroatoms. The zero-order chi connectivity index (χ0) is 12.7. The molecule has 0 aliphatic rings. The molecule has 1 rings (SSSR count). The number of nitrogens with zero attached hydrogens (tertiary/aromatic N) is 3. The van der Waals surface area contributed by atoms with Crippen LogP contribution in [0.15, 0.2) is 35.4 Å². The molecular formula is C11H13N3O3. The monoisotopic (exact) mass is 235 g/mol. The Kier molecular flexibility index (Phi) is 4.51. The number of azide groups is 1. The van der Waals surface area contributed by atoms with Crippen LogP contribution in [0, 0.1) is 0 Å². The van der Waals surface area contributed by atoms with Crippen LogP contribution >= 0.6 is 0 Å². The van der Waals surface area contributed by atoms with Gasteiger partial charge in [-0.1, -0.05) is 35.4 Å². The van der Waals surface area contributed by atoms with Gasteiger partial charge in [0.15, 0.2) is 5.60 Å². The first-order chi connectivity index (χ1) is 8.15. The predicted octanol–water partition coefficient (Wildman–Crippen LogP) is 1.75. The Labute approximate surface area is 98.5 Å². The van der Waals surface area contributed by atoms with E-state index in [0.717, 1.165) is 0 Å². The SMILES string of the molecule is CCOC(=O)[C@@](O)(CN=[N+]=[N-])c1ccccc1. The third kappa shape index (κ3) is 2.96. The Hall–Kier alpha value is -2.04. The van der Waals surface area contributed by atoms with E-state index < -0.39 is 18.1 Å². The van der Waals surface area contributed by atoms with E-state index in [4.69, 9.17) is 10.3 Å². The fraction of sp³-hybridized carbons (Fsp3) is 0.364. The van der Waals surface area contributed by atoms with Gasteiger partial charge in [0.05, 0.1) is 13.2 Å². The van der Waals surface area contributed by atoms with Gasteiger partial charge in [-0.15, -0.1) is 0 Å². The van der Waals surface area contributed by atoms with Crippen molar-refractivity contribution >= 4 is 5.97 Å². The van der Waals surface area contributed by atoms with Gasteiger partial charge in [-0.05, 0) is 18.0 Å². The van der Waals surface area contributed by atoms with Gasteiger partial charge in [-0.3, -0.25) is 0 Å². The Balaban J connectivity index is 3.09. The molecule has 1 aromatic carbocycles. The van der Waals surface area contributed by atoms with Gasteiger partial charge >= 0.3 is 5.97 Å². The normalized spacial score (nSPS) is 13.3. The largest absolute Gasteiger partial charge is 0.464 e. The molecule has 0 aliphatic carbocycles. The number of aliphatic hydroxyl groups is 1. The highest BCUT2D eigenvalue weighted by molar-refractivity contribution is 5.81. The lowest BCUT2D eigenvalue weighted by Crippen LogP contribution is -2.40. The van der Waals surface area contributed by atoms with Crippen molar-refractivity contribution in [1.29, 1.82) is 0 Å². The lowest BCUT2D eigenvalue weighted by atomic mass is 9.94. The molecule has 1 N–H and O–H groups in total. The van der Waals surface area contributed by atoms with Crippen LogP contribution in [-0.2, 0) is 15.1 Å². The molecule has 0 unspecified atom stereocenters. The molecule has 6 nitrogen and oxygen atoms in total. The molecule has 1 atom stereocenters. The van der Waals surface area contributed by atoms with E-state index >= 15 is 0 Å². The molecule has 0 fully saturated rings. The Bertz CT molecular complexity index is 429. The van der Waals surface area contributed by atoms with Crippen molar-refractivity contribution in [1.82, 2.24) is 0 Å². The molecular weight excluding hydrogens is 222 g/mol. The van der Waals surface area contributed by atoms with Crippen LogP contribution in [0.2, 0.25) is 0 Å². The van der Waals surface area contributed by atoms with E-state index in [9.17, 15) is 9.90 Å². The Morgan fingerprint density at radius 1 is 1.53 bits per heavy atom. The minimum atomic E-state index is -1.93. The van der Waals surface area contributed by atoms with Crippen molar-refractivity contribution < 1.29 is 14.6 Å². The summed E-state index contributed by atoms with van der Waals surface area (Å²) in [4.78, 5) is 14.3. The highest BCUT2D eigenvalue weighted by Crippen LogP contribution is 2.23. The van der Waals surface area contributed by atoms with Crippen LogP contribution in [0.1, 0.15) is 12.5 Å². The predicted molar refractivity (Wildman–Crippen MR) is 61.0 cm³/mol. The molecule has 0 bridgehead atoms. The highest BCUT2D eigenvalue weighted by atomic mass is 16.5. The number of esters is 1. The van der Waals surface area contributed by atoms with E-state index in [1.165, 1.54) is 0 Å². The summed E-state index contributed by atoms with van der Waals surface area (Å²) >= 11 is 0. The fourth-order valence-corrected chi connectivity index (χ4v) is 1.37. The first kappa shape index (κ1) is 13.0. The topological polar surface area (TPSA) is 95.3 Å². The molecule has 17 heavy (non-hydrogen) atoms. The Morgan fingerprint density at radius 2 is 2.18 bits per heavy atom. The maximum absolute atomic E-state index is 11.7. The zero-order valence-corrected chi connectivity index (χ0v) is 9.41. The number of hydrogen-bond donors (Lipinski definition) is 1. The third-order valence-corrected chi connectivity index (χ3v) is 2.23. The van der Waals surface area contributed by atoms with Crippen molar-refractivity contribution in [2.24, 2.45) is 5.11 Å². The molecule has 90 valence electrons. The quantitative estimate of drug-likeness (QED) is 0.364. The first-order valence-electron chi connectivity index (χ1n) is 5.11. The summed E-state index contributed by atoms with van der Waals surface area (Å²) in [7, 11) is 0. The minimum Gasteiger partial charge on any atom is -0.464 e. The van der Waals surface area contributed by atoms with E-state index in [2.05, 4.69) is 10.0 Å². The summed E-state index contributed by atoms with van der Waals surface area (Å²) in [6.07, 6.45) is 0. The van der Waals surface area contributed by atoms with E-state index in [1.54, 1.807) is 37.3 Å². The maximum atomic E-state index is 11.7. The second-order valence-corrected chi connectivity index (χ2v) is 3.34. The van der Waals surface area contributed by atoms with Crippen LogP contribution in [0.4, 0.5) is 0 Å². The summed E-state index contributed by atoms with van der Waals surface area (Å²) < 4.78 is 4.79. The average molecular weight is 235 g/mol. The molecule has 0 aliphatic heterocycles. The second-order valence-electron chi connectivity index (χ2n) is 3.34. The summed E-state index contributed by atoms with van der Waals surface area (Å²) in [5.74, 6) is -0.821. The van der Waals surface area contributed by atoms with Crippen molar-refractivity contribution in [3.05, 3.63) is 46.3 Å². The zero-order valence-electron chi connectivity index (χ0n) is 9.41. The van der Waals surface area contributed by atoms with Crippen molar-refractivity contribution in [3.63, 3.8) is 0 Å². The summed E-state index contributed by atoms with van der Waals surface area (Å²) in [6.45, 7) is 1.38. The van der Waals surface area contributed by atoms with Crippen LogP contribution in [0.5, 0.6) is 0 Å². The lowest BCUT2D eigenvalue weighted by Gasteiger charge is -2.24. The summed E-state index contributed by atoms with van der Waals surface area (Å²) in [5.41, 5.74) is 6.69. The Morgan fingerprint density at radius 3 is 2.71 bits per heavy atom. The van der Waals surface area contributed by atoms with Crippen LogP contribution < -0.4 is 0 Å². The molecule has 1 aromatic rings. The summed E-state index contributed by atoms with van der Waals surface area (Å²) in [6, 6.07) is 8.25. The molecule has 0 spiro atoms. The van der Waals surface area contributed by atoms with E-state index in [0.29, 0.717) is 5.56 Å². The number of benzene rings is 1. The van der Waals surface area contributed by atoms with Gasteiger partial charge in [0.25, 0.3) is 0 Å². The number of hydrogen-bond acceptors (Lipinski definition) is 4. The van der Waals surface area contributed by atoms with Gasteiger partial charge < -0.3 is 9.84 Å². The number of carbonyl (C=O) groups excluding carboxylic acids is 1. The molecule has 0 saturated carbocycles. The molecule has 0 aromatic heterocycles. The second kappa shape index (κ2) is 5.89. The smallest absolute Gasteiger partial charge is 0.342 e. The van der Waals surface area contributed by atoms with Gasteiger partial charge in [0.1, 0.15) is 0 Å². The van der Waals surface area contributed by atoms with Crippen molar-refractivity contribution in [3.8, 4) is 0 Å². The van der Waals surface area contributed by atoms with E-state index in [1.807, 2.05) is 0 Å². The highest BCUT2D eigenvalue weighted by Gasteiger charge is 2.38. The number of carbonyl (C=O) groups is 1. The van der Waals surface area contributed by atoms with Crippen LogP contribution in [0.25, 0.3) is 10.4 Å². The number of ether oxygens (including phenoxy) is 1. The minimum absolute atomic E-state index is 0.143. The third-order valence-electron chi connectivity index (χ3n) is 2.23. The van der Waals surface area contributed by atoms with Gasteiger partial charge in [-0.2, -0.15) is 0 Å². The van der Waals surface area contributed by atoms with Gasteiger partial charge in [0, 0.05) is 4.91 Å². The maximum Gasteiger partial charge on any atom is 0.342 e. The van der Waals surface area contributed by atoms with Gasteiger partial charge in [-0.25, -0.2) is 4.79 Å². The lowest BCUT2D eigenvalue weighted by molar-refractivity contribution is -0.165. The summed E-state index contributed by atoms with van der Waals surface area (Å²) in [5, 5.41) is 13.5. The van der Waals surface area contributed by atoms with Crippen molar-refractivity contribution in [2.75, 3.05) is 13.2 Å². The van der Waals surface area contributed by atoms with Crippen LogP contribution in [-0.4, -0.2) is 24.2 Å². The molecule has 0 radical (unpaired) electrons. The molecule has 0 heterocycles. The average Bonchev–Trinajstić information content (AvgIpc) is 2.37. The first-order valence-corrected chi connectivity index (χ1v) is 5.11. The number of rotatable bonds is 5. The molecule has 0 amide bonds. The van der Waals surface area contributed by atoms with Gasteiger partial charge in [0.2, 0.25) is 0 Å². The van der Waals surface area contributed by atoms with Crippen molar-refractivity contribution in [2.45, 2.75) is 12.5 Å². The van der Waals surface area contributed by atoms with E-state index in [-0.39, 0.29) is 6.61 Å². The fourth-order valence-electron chi connectivity index (χ4n) is 1.37.